The molecule has 0 aromatic heterocycles. The summed E-state index contributed by atoms with van der Waals surface area (Å²) in [7, 11) is 6.58. The van der Waals surface area contributed by atoms with Crippen molar-refractivity contribution in [3.63, 3.8) is 0 Å². The van der Waals surface area contributed by atoms with Crippen molar-refractivity contribution in [3.8, 4) is 5.75 Å². The van der Waals surface area contributed by atoms with Crippen LogP contribution in [0.2, 0.25) is 0 Å². The van der Waals surface area contributed by atoms with Gasteiger partial charge in [-0.25, -0.2) is 0 Å². The third-order valence-corrected chi connectivity index (χ3v) is 9.76. The Hall–Kier alpha value is -3.98. The van der Waals surface area contributed by atoms with Gasteiger partial charge in [-0.05, 0) is 57.3 Å². The van der Waals surface area contributed by atoms with E-state index in [1.54, 1.807) is 33.1 Å². The molecule has 4 atom stereocenters. The van der Waals surface area contributed by atoms with Crippen molar-refractivity contribution < 1.29 is 44.8 Å². The second-order valence-electron chi connectivity index (χ2n) is 12.9. The third-order valence-electron chi connectivity index (χ3n) is 9.76. The predicted molar refractivity (Wildman–Crippen MR) is 162 cm³/mol. The summed E-state index contributed by atoms with van der Waals surface area (Å²) in [6.45, 7) is -0.355. The van der Waals surface area contributed by atoms with Gasteiger partial charge < -0.3 is 41.6 Å². The number of likely N-dealkylation sites (N-methyl/N-ethyl adjacent to an activating group) is 1. The maximum atomic E-state index is 14.2. The van der Waals surface area contributed by atoms with Crippen LogP contribution >= 0.6 is 0 Å². The lowest BCUT2D eigenvalue weighted by atomic mass is 9.58. The summed E-state index contributed by atoms with van der Waals surface area (Å²) in [5.74, 6) is -8.12. The number of rotatable bonds is 7. The van der Waals surface area contributed by atoms with Gasteiger partial charge in [-0.3, -0.25) is 24.1 Å². The van der Waals surface area contributed by atoms with Crippen LogP contribution in [0.3, 0.4) is 0 Å². The maximum absolute atomic E-state index is 14.2. The molecule has 244 valence electrons. The van der Waals surface area contributed by atoms with E-state index in [9.17, 15) is 44.8 Å². The number of Topliss-reactive ketones (excluding diaryl/α,β-unsaturated/α-hetero) is 2. The average molecular weight is 628 g/mol. The van der Waals surface area contributed by atoms with E-state index in [0.29, 0.717) is 11.3 Å². The van der Waals surface area contributed by atoms with E-state index in [4.69, 9.17) is 5.73 Å². The van der Waals surface area contributed by atoms with Gasteiger partial charge in [0.25, 0.3) is 5.91 Å². The van der Waals surface area contributed by atoms with Gasteiger partial charge in [0.05, 0.1) is 17.3 Å². The highest BCUT2D eigenvalue weighted by molar-refractivity contribution is 6.25. The largest absolute Gasteiger partial charge is 0.510 e. The first-order valence-corrected chi connectivity index (χ1v) is 15.1. The fourth-order valence-corrected chi connectivity index (χ4v) is 7.64. The van der Waals surface area contributed by atoms with Crippen molar-refractivity contribution >= 4 is 34.8 Å². The van der Waals surface area contributed by atoms with Crippen molar-refractivity contribution in [1.82, 2.24) is 9.96 Å². The summed E-state index contributed by atoms with van der Waals surface area (Å²) in [6.07, 6.45) is 4.56. The number of fused-ring (bicyclic) bond motifs is 3. The summed E-state index contributed by atoms with van der Waals surface area (Å²) >= 11 is 0. The lowest BCUT2D eigenvalue weighted by Gasteiger charge is -2.50. The van der Waals surface area contributed by atoms with Crippen LogP contribution < -0.4 is 16.0 Å². The quantitative estimate of drug-likeness (QED) is 0.129. The molecule has 0 heterocycles. The van der Waals surface area contributed by atoms with Gasteiger partial charge >= 0.3 is 0 Å². The molecule has 45 heavy (non-hydrogen) atoms. The number of anilines is 2. The van der Waals surface area contributed by atoms with Gasteiger partial charge in [0.2, 0.25) is 11.7 Å². The molecule has 1 fully saturated rings. The van der Waals surface area contributed by atoms with Crippen molar-refractivity contribution in [3.05, 3.63) is 39.9 Å². The number of nitrogens with two attached hydrogens (primary N) is 1. The third kappa shape index (κ3) is 5.15. The number of nitrogens with one attached hydrogen (secondary N) is 1. The number of primary amides is 1. The molecular weight excluding hydrogens is 586 g/mol. The van der Waals surface area contributed by atoms with Gasteiger partial charge in [0.15, 0.2) is 17.1 Å². The van der Waals surface area contributed by atoms with E-state index < -0.39 is 69.7 Å². The number of carbonyl (C=O) groups is 4. The standard InChI is InChI=1S/C31H41N5O9/c1-34(2)19-12-18(33-20(37)13-36(45)15-8-6-5-7-9-15)25(38)22-16(19)10-14-11-17-24(35(3)4)27(40)23(30(32)43)29(42)31(17,44)28(41)21(14)26(22)39/h12,14-15,17,24,38,40-41,44-45H,5-11,13H2,1-4H3,(H2,32,43)(H,33,37)/t14-,17-,24-,31-/m0/s1. The minimum absolute atomic E-state index is 0.0363. The first kappa shape index (κ1) is 32.4. The van der Waals surface area contributed by atoms with Crippen LogP contribution in [0, 0.1) is 11.8 Å². The zero-order chi connectivity index (χ0) is 33.1. The van der Waals surface area contributed by atoms with Crippen molar-refractivity contribution in [2.75, 3.05) is 45.0 Å². The Balaban J connectivity index is 1.57. The molecule has 0 unspecified atom stereocenters. The van der Waals surface area contributed by atoms with Crippen molar-refractivity contribution in [1.29, 1.82) is 0 Å². The molecule has 0 aliphatic heterocycles. The molecule has 2 amide bonds. The molecule has 5 rings (SSSR count). The highest BCUT2D eigenvalue weighted by atomic mass is 16.5. The minimum Gasteiger partial charge on any atom is -0.510 e. The Morgan fingerprint density at radius 2 is 1.71 bits per heavy atom. The molecule has 0 saturated heterocycles. The summed E-state index contributed by atoms with van der Waals surface area (Å²) in [5, 5.41) is 59.7. The number of phenolic OH excluding ortho intramolecular Hbond substituents is 1. The molecule has 14 nitrogen and oxygen atoms in total. The highest BCUT2D eigenvalue weighted by Gasteiger charge is 2.63. The first-order valence-electron chi connectivity index (χ1n) is 15.1. The van der Waals surface area contributed by atoms with Crippen LogP contribution in [0.1, 0.15) is 54.4 Å². The number of nitrogens with zero attached hydrogens (tertiary/aromatic N) is 3. The second-order valence-corrected chi connectivity index (χ2v) is 12.9. The Bertz CT molecular complexity index is 1530. The van der Waals surface area contributed by atoms with Gasteiger partial charge in [-0.2, -0.15) is 5.06 Å². The molecule has 0 bridgehead atoms. The number of hydroxylamine groups is 2. The van der Waals surface area contributed by atoms with E-state index in [2.05, 4.69) is 5.32 Å². The number of hydrogen-bond acceptors (Lipinski definition) is 12. The number of amides is 2. The molecule has 0 spiro atoms. The zero-order valence-electron chi connectivity index (χ0n) is 25.8. The molecule has 14 heteroatoms. The SMILES string of the molecule is CN(C)c1cc(NC(=O)CN(O)C2CCCCC2)c(O)c2c1C[C@H]1C[C@H]3[C@H](N(C)C)C(O)=C(C(N)=O)C(=O)[C@@]3(O)C(O)=C1C2=O. The number of aromatic hydroxyl groups is 1. The Morgan fingerprint density at radius 3 is 2.29 bits per heavy atom. The van der Waals surface area contributed by atoms with Crippen LogP contribution in [-0.4, -0.2) is 111 Å². The number of benzene rings is 1. The fourth-order valence-electron chi connectivity index (χ4n) is 7.64. The summed E-state index contributed by atoms with van der Waals surface area (Å²) in [4.78, 5) is 56.0. The van der Waals surface area contributed by atoms with E-state index in [0.717, 1.165) is 37.2 Å². The second kappa shape index (κ2) is 11.7. The lowest BCUT2D eigenvalue weighted by molar-refractivity contribution is -0.150. The van der Waals surface area contributed by atoms with Crippen LogP contribution in [0.15, 0.2) is 28.7 Å². The molecular formula is C31H41N5O9. The monoisotopic (exact) mass is 627 g/mol. The van der Waals surface area contributed by atoms with Gasteiger partial charge in [0.1, 0.15) is 23.6 Å². The topological polar surface area (TPSA) is 217 Å². The smallest absolute Gasteiger partial charge is 0.255 e. The van der Waals surface area contributed by atoms with Crippen LogP contribution in [0.4, 0.5) is 11.4 Å². The number of phenols is 1. The number of aliphatic hydroxyl groups excluding tert-OH is 2. The fraction of sp³-hybridized carbons (Fsp3) is 0.548. The van der Waals surface area contributed by atoms with E-state index in [-0.39, 0.29) is 42.3 Å². The van der Waals surface area contributed by atoms with Gasteiger partial charge in [-0.15, -0.1) is 0 Å². The number of aliphatic hydroxyl groups is 3. The number of hydrogen-bond donors (Lipinski definition) is 7. The van der Waals surface area contributed by atoms with Gasteiger partial charge in [0, 0.05) is 37.3 Å². The molecule has 8 N–H and O–H groups in total. The van der Waals surface area contributed by atoms with Crippen LogP contribution in [0.5, 0.6) is 5.75 Å². The average Bonchev–Trinajstić information content (AvgIpc) is 2.96. The predicted octanol–water partition coefficient (Wildman–Crippen LogP) is 1.15. The van der Waals surface area contributed by atoms with E-state index >= 15 is 0 Å². The number of allylic oxidation sites excluding steroid dienone is 1. The summed E-state index contributed by atoms with van der Waals surface area (Å²) in [6, 6.07) is 0.278. The first-order chi connectivity index (χ1) is 21.1. The highest BCUT2D eigenvalue weighted by Crippen LogP contribution is 2.54. The molecule has 1 aromatic rings. The van der Waals surface area contributed by atoms with E-state index in [1.165, 1.54) is 11.0 Å². The lowest BCUT2D eigenvalue weighted by Crippen LogP contribution is -2.63. The Kier molecular flexibility index (Phi) is 8.46. The van der Waals surface area contributed by atoms with Crippen molar-refractivity contribution in [2.45, 2.75) is 62.6 Å². The maximum Gasteiger partial charge on any atom is 0.255 e. The molecule has 4 aliphatic carbocycles. The molecule has 1 saturated carbocycles. The number of carbonyl (C=O) groups excluding carboxylic acids is 4. The minimum atomic E-state index is -2.75. The Labute approximate surface area is 260 Å². The molecule has 1 aromatic carbocycles. The molecule has 4 aliphatic rings. The summed E-state index contributed by atoms with van der Waals surface area (Å²) in [5.41, 5.74) is 2.09. The normalized spacial score (nSPS) is 27.0. The van der Waals surface area contributed by atoms with Crippen molar-refractivity contribution in [2.24, 2.45) is 17.6 Å². The molecule has 0 radical (unpaired) electrons. The van der Waals surface area contributed by atoms with Gasteiger partial charge in [-0.1, -0.05) is 19.3 Å². The van der Waals surface area contributed by atoms with E-state index in [1.807, 2.05) is 0 Å². The zero-order valence-corrected chi connectivity index (χ0v) is 25.8. The summed E-state index contributed by atoms with van der Waals surface area (Å²) < 4.78 is 0. The van der Waals surface area contributed by atoms with Crippen LogP contribution in [0.25, 0.3) is 0 Å². The Morgan fingerprint density at radius 1 is 1.07 bits per heavy atom. The van der Waals surface area contributed by atoms with Crippen LogP contribution in [-0.2, 0) is 20.8 Å². The number of ketones is 2.